The van der Waals surface area contributed by atoms with Crippen LogP contribution in [0, 0.1) is 11.8 Å². The number of nitrogens with zero attached hydrogens (tertiary/aromatic N) is 1. The van der Waals surface area contributed by atoms with Crippen LogP contribution in [0.5, 0.6) is 0 Å². The summed E-state index contributed by atoms with van der Waals surface area (Å²) in [6.07, 6.45) is 3.71. The Kier molecular flexibility index (Phi) is 4.59. The van der Waals surface area contributed by atoms with Crippen molar-refractivity contribution < 1.29 is 4.79 Å². The van der Waals surface area contributed by atoms with E-state index in [9.17, 15) is 4.79 Å². The largest absolute Gasteiger partial charge is 0.298 e. The second-order valence-electron chi connectivity index (χ2n) is 4.55. The lowest BCUT2D eigenvalue weighted by atomic mass is 10.0. The summed E-state index contributed by atoms with van der Waals surface area (Å²) in [5.41, 5.74) is 0. The first-order valence-electron chi connectivity index (χ1n) is 5.92. The van der Waals surface area contributed by atoms with Crippen LogP contribution in [0.3, 0.4) is 0 Å². The van der Waals surface area contributed by atoms with Crippen LogP contribution in [0.2, 0.25) is 0 Å². The second kappa shape index (κ2) is 5.50. The van der Waals surface area contributed by atoms with Gasteiger partial charge in [0.15, 0.2) is 0 Å². The molecular formula is C12H23NO. The quantitative estimate of drug-likeness (QED) is 0.624. The van der Waals surface area contributed by atoms with Crippen molar-refractivity contribution in [3.8, 4) is 0 Å². The van der Waals surface area contributed by atoms with Crippen molar-refractivity contribution in [2.45, 2.75) is 40.0 Å². The molecule has 0 spiro atoms. The molecule has 0 N–H and O–H groups in total. The molecule has 14 heavy (non-hydrogen) atoms. The molecule has 0 saturated heterocycles. The third kappa shape index (κ3) is 3.79. The highest BCUT2D eigenvalue weighted by Gasteiger charge is 2.25. The van der Waals surface area contributed by atoms with Crippen LogP contribution in [0.1, 0.15) is 40.0 Å². The molecule has 1 aliphatic carbocycles. The molecule has 1 aliphatic rings. The number of rotatable bonds is 7. The third-order valence-electron chi connectivity index (χ3n) is 3.20. The Hall–Kier alpha value is -0.370. The van der Waals surface area contributed by atoms with Crippen molar-refractivity contribution in [1.82, 2.24) is 4.90 Å². The van der Waals surface area contributed by atoms with E-state index >= 15 is 0 Å². The summed E-state index contributed by atoms with van der Waals surface area (Å²) in [4.78, 5) is 14.0. The predicted molar refractivity (Wildman–Crippen MR) is 59.3 cm³/mol. The van der Waals surface area contributed by atoms with E-state index < -0.39 is 0 Å². The van der Waals surface area contributed by atoms with E-state index in [2.05, 4.69) is 18.7 Å². The molecule has 1 saturated carbocycles. The predicted octanol–water partition coefficient (Wildman–Crippen LogP) is 2.33. The van der Waals surface area contributed by atoms with Crippen molar-refractivity contribution in [1.29, 1.82) is 0 Å². The molecule has 1 fully saturated rings. The molecule has 0 aromatic rings. The maximum absolute atomic E-state index is 11.7. The second-order valence-corrected chi connectivity index (χ2v) is 4.55. The molecule has 0 aromatic heterocycles. The summed E-state index contributed by atoms with van der Waals surface area (Å²) in [5, 5.41) is 0. The first-order valence-corrected chi connectivity index (χ1v) is 5.92. The fourth-order valence-electron chi connectivity index (χ4n) is 1.57. The normalized spacial score (nSPS) is 18.6. The molecule has 1 rings (SSSR count). The van der Waals surface area contributed by atoms with Gasteiger partial charge in [0.1, 0.15) is 5.78 Å². The van der Waals surface area contributed by atoms with E-state index in [1.54, 1.807) is 0 Å². The Bertz CT molecular complexity index is 187. The van der Waals surface area contributed by atoms with E-state index in [0.717, 1.165) is 25.4 Å². The van der Waals surface area contributed by atoms with E-state index in [4.69, 9.17) is 0 Å². The van der Waals surface area contributed by atoms with Gasteiger partial charge in [0, 0.05) is 12.5 Å². The molecule has 0 aromatic carbocycles. The molecule has 0 aliphatic heterocycles. The number of Topliss-reactive ketones (excluding diaryl/α,β-unsaturated/α-hetero) is 1. The van der Waals surface area contributed by atoms with Crippen LogP contribution in [0.25, 0.3) is 0 Å². The van der Waals surface area contributed by atoms with Crippen molar-refractivity contribution >= 4 is 5.78 Å². The van der Waals surface area contributed by atoms with Gasteiger partial charge in [-0.3, -0.25) is 9.69 Å². The Balaban J connectivity index is 2.26. The van der Waals surface area contributed by atoms with Crippen LogP contribution in [-0.2, 0) is 4.79 Å². The Morgan fingerprint density at radius 1 is 1.43 bits per heavy atom. The monoisotopic (exact) mass is 197 g/mol. The first-order chi connectivity index (χ1) is 6.67. The van der Waals surface area contributed by atoms with Gasteiger partial charge in [0.2, 0.25) is 0 Å². The summed E-state index contributed by atoms with van der Waals surface area (Å²) in [6.45, 7) is 9.08. The number of hydrogen-bond acceptors (Lipinski definition) is 2. The van der Waals surface area contributed by atoms with Crippen molar-refractivity contribution in [3.05, 3.63) is 0 Å². The molecule has 1 atom stereocenters. The average molecular weight is 197 g/mol. The van der Waals surface area contributed by atoms with Gasteiger partial charge >= 0.3 is 0 Å². The molecule has 0 bridgehead atoms. The lowest BCUT2D eigenvalue weighted by molar-refractivity contribution is -0.123. The minimum Gasteiger partial charge on any atom is -0.298 e. The van der Waals surface area contributed by atoms with Crippen molar-refractivity contribution in [3.63, 3.8) is 0 Å². The highest BCUT2D eigenvalue weighted by atomic mass is 16.1. The maximum atomic E-state index is 11.7. The smallest absolute Gasteiger partial charge is 0.149 e. The number of ketones is 1. The molecule has 82 valence electrons. The van der Waals surface area contributed by atoms with Gasteiger partial charge in [0.05, 0.1) is 6.54 Å². The zero-order valence-electron chi connectivity index (χ0n) is 9.75. The molecule has 2 heteroatoms. The third-order valence-corrected chi connectivity index (χ3v) is 3.20. The van der Waals surface area contributed by atoms with Crippen LogP contribution in [-0.4, -0.2) is 30.3 Å². The Morgan fingerprint density at radius 3 is 2.50 bits per heavy atom. The summed E-state index contributed by atoms with van der Waals surface area (Å²) in [5.74, 6) is 1.54. The van der Waals surface area contributed by atoms with Gasteiger partial charge in [0.25, 0.3) is 0 Å². The van der Waals surface area contributed by atoms with Crippen LogP contribution < -0.4 is 0 Å². The van der Waals surface area contributed by atoms with Gasteiger partial charge in [-0.1, -0.05) is 20.8 Å². The van der Waals surface area contributed by atoms with E-state index in [0.29, 0.717) is 12.3 Å². The highest BCUT2D eigenvalue weighted by Crippen LogP contribution is 2.29. The molecule has 1 unspecified atom stereocenters. The maximum Gasteiger partial charge on any atom is 0.149 e. The van der Waals surface area contributed by atoms with Crippen LogP contribution >= 0.6 is 0 Å². The molecule has 0 amide bonds. The van der Waals surface area contributed by atoms with Gasteiger partial charge in [-0.15, -0.1) is 0 Å². The summed E-state index contributed by atoms with van der Waals surface area (Å²) >= 11 is 0. The zero-order chi connectivity index (χ0) is 10.6. The average Bonchev–Trinajstić information content (AvgIpc) is 2.99. The SMILES string of the molecule is CCC(C)C(=O)CN(CC)CC1CC1. The first kappa shape index (κ1) is 11.7. The highest BCUT2D eigenvalue weighted by molar-refractivity contribution is 5.82. The summed E-state index contributed by atoms with van der Waals surface area (Å²) < 4.78 is 0. The summed E-state index contributed by atoms with van der Waals surface area (Å²) in [6, 6.07) is 0. The number of hydrogen-bond donors (Lipinski definition) is 0. The lowest BCUT2D eigenvalue weighted by Gasteiger charge is -2.20. The van der Waals surface area contributed by atoms with Gasteiger partial charge in [-0.2, -0.15) is 0 Å². The topological polar surface area (TPSA) is 20.3 Å². The van der Waals surface area contributed by atoms with E-state index in [1.807, 2.05) is 6.92 Å². The Morgan fingerprint density at radius 2 is 2.07 bits per heavy atom. The van der Waals surface area contributed by atoms with E-state index in [-0.39, 0.29) is 5.92 Å². The molecule has 0 radical (unpaired) electrons. The van der Waals surface area contributed by atoms with Crippen LogP contribution in [0.4, 0.5) is 0 Å². The minimum atomic E-state index is 0.239. The standard InChI is InChI=1S/C12H23NO/c1-4-10(3)12(14)9-13(5-2)8-11-6-7-11/h10-11H,4-9H2,1-3H3. The summed E-state index contributed by atoms with van der Waals surface area (Å²) in [7, 11) is 0. The van der Waals surface area contributed by atoms with Gasteiger partial charge in [-0.05, 0) is 31.7 Å². The van der Waals surface area contributed by atoms with Crippen molar-refractivity contribution in [2.24, 2.45) is 11.8 Å². The van der Waals surface area contributed by atoms with Gasteiger partial charge in [-0.25, -0.2) is 0 Å². The van der Waals surface area contributed by atoms with Crippen molar-refractivity contribution in [2.75, 3.05) is 19.6 Å². The zero-order valence-corrected chi connectivity index (χ0v) is 9.75. The molecular weight excluding hydrogens is 174 g/mol. The lowest BCUT2D eigenvalue weighted by Crippen LogP contribution is -2.33. The number of likely N-dealkylation sites (N-methyl/N-ethyl adjacent to an activating group) is 1. The number of carbonyl (C=O) groups is 1. The fraction of sp³-hybridized carbons (Fsp3) is 0.917. The fourth-order valence-corrected chi connectivity index (χ4v) is 1.57. The Labute approximate surface area is 87.7 Å². The minimum absolute atomic E-state index is 0.239. The molecule has 2 nitrogen and oxygen atoms in total. The van der Waals surface area contributed by atoms with E-state index in [1.165, 1.54) is 12.8 Å². The molecule has 0 heterocycles. The number of carbonyl (C=O) groups excluding carboxylic acids is 1. The van der Waals surface area contributed by atoms with Gasteiger partial charge < -0.3 is 0 Å². The van der Waals surface area contributed by atoms with Crippen LogP contribution in [0.15, 0.2) is 0 Å².